The third kappa shape index (κ3) is 19.8. The number of hydrogen-bond acceptors (Lipinski definition) is 42. The van der Waals surface area contributed by atoms with Crippen molar-refractivity contribution in [3.63, 3.8) is 0 Å². The lowest BCUT2D eigenvalue weighted by molar-refractivity contribution is -0.413. The van der Waals surface area contributed by atoms with Crippen LogP contribution >= 0.6 is 90.4 Å². The number of carboxylic acids is 1. The minimum atomic E-state index is -2.27. The van der Waals surface area contributed by atoms with Gasteiger partial charge in [0.2, 0.25) is 0 Å². The number of nitrogens with zero attached hydrogens (tertiary/aromatic N) is 3. The molecule has 19 heterocycles. The van der Waals surface area contributed by atoms with Crippen LogP contribution in [0.5, 0.6) is 17.2 Å². The largest absolute Gasteiger partial charge is 0.485 e. The first-order valence-electron chi connectivity index (χ1n) is 36.4. The van der Waals surface area contributed by atoms with Gasteiger partial charge in [0.05, 0.1) is 104 Å². The number of halogens is 4. The monoisotopic (exact) mass is 2100 g/mol. The van der Waals surface area contributed by atoms with Crippen molar-refractivity contribution in [3.05, 3.63) is 56.0 Å². The number of rotatable bonds is 17. The normalized spacial score (nSPS) is 44.2. The van der Waals surface area contributed by atoms with Gasteiger partial charge in [-0.25, -0.2) is 14.5 Å². The van der Waals surface area contributed by atoms with Crippen LogP contribution in [0.3, 0.4) is 0 Å². The van der Waals surface area contributed by atoms with Gasteiger partial charge in [0.25, 0.3) is 0 Å². The van der Waals surface area contributed by atoms with E-state index in [0.717, 1.165) is 0 Å². The van der Waals surface area contributed by atoms with E-state index in [2.05, 4.69) is 101 Å². The molecule has 650 valence electrons. The van der Waals surface area contributed by atoms with Gasteiger partial charge in [-0.05, 0) is 134 Å². The molecule has 18 saturated heterocycles. The Hall–Kier alpha value is -1.91. The van der Waals surface area contributed by atoms with Gasteiger partial charge >= 0.3 is 5.97 Å². The smallest absolute Gasteiger partial charge is 0.307 e. The van der Waals surface area contributed by atoms with Crippen molar-refractivity contribution in [2.45, 2.75) is 272 Å². The van der Waals surface area contributed by atoms with E-state index in [-0.39, 0.29) is 18.7 Å². The Balaban J connectivity index is 0.821. The van der Waals surface area contributed by atoms with Crippen LogP contribution in [0.4, 0.5) is 0 Å². The molecule has 3 aromatic rings. The molecule has 19 aliphatic rings. The molecule has 0 amide bonds. The van der Waals surface area contributed by atoms with Crippen molar-refractivity contribution >= 4 is 96.3 Å². The predicted molar refractivity (Wildman–Crippen MR) is 400 cm³/mol. The lowest BCUT2D eigenvalue weighted by Crippen LogP contribution is -2.68. The summed E-state index contributed by atoms with van der Waals surface area (Å²) in [6.07, 6.45) is -68.7. The Kier molecular flexibility index (Phi) is 31.7. The van der Waals surface area contributed by atoms with Gasteiger partial charge in [0, 0.05) is 18.8 Å². The van der Waals surface area contributed by atoms with E-state index in [1.165, 1.54) is 24.7 Å². The molecular formula is C67H93I4N3O41. The van der Waals surface area contributed by atoms with Crippen molar-refractivity contribution in [1.29, 1.82) is 0 Å². The van der Waals surface area contributed by atoms with E-state index in [4.69, 9.17) is 85.6 Å². The van der Waals surface area contributed by atoms with Gasteiger partial charge in [0.1, 0.15) is 182 Å². The maximum Gasteiger partial charge on any atom is 0.307 e. The molecule has 39 atom stereocenters. The summed E-state index contributed by atoms with van der Waals surface area (Å²) in [6, 6.07) is 5.63. The van der Waals surface area contributed by atoms with Gasteiger partial charge in [-0.15, -0.1) is 5.10 Å². The quantitative estimate of drug-likeness (QED) is 0.0441. The highest BCUT2D eigenvalue weighted by atomic mass is 127. The Morgan fingerprint density at radius 3 is 1.23 bits per heavy atom. The van der Waals surface area contributed by atoms with Crippen molar-refractivity contribution < 1.29 is 203 Å². The Morgan fingerprint density at radius 2 is 0.843 bits per heavy atom. The van der Waals surface area contributed by atoms with E-state index < -0.39 is 304 Å². The van der Waals surface area contributed by atoms with Gasteiger partial charge in [-0.2, -0.15) is 0 Å². The molecule has 1 aliphatic carbocycles. The van der Waals surface area contributed by atoms with Crippen LogP contribution in [0.25, 0.3) is 0 Å². The second kappa shape index (κ2) is 39.5. The van der Waals surface area contributed by atoms with Crippen LogP contribution in [-0.2, 0) is 93.9 Å². The minimum absolute atomic E-state index is 0.183. The summed E-state index contributed by atoms with van der Waals surface area (Å²) >= 11 is 8.24. The van der Waals surface area contributed by atoms with Crippen molar-refractivity contribution in [2.24, 2.45) is 5.92 Å². The summed E-state index contributed by atoms with van der Waals surface area (Å²) in [7, 11) is 0. The Labute approximate surface area is 706 Å². The fourth-order valence-electron chi connectivity index (χ4n) is 15.2. The molecule has 18 aliphatic heterocycles. The fourth-order valence-corrected chi connectivity index (χ4v) is 19.4. The first kappa shape index (κ1) is 92.3. The van der Waals surface area contributed by atoms with Gasteiger partial charge in [-0.1, -0.05) is 5.21 Å². The average molecular weight is 2100 g/mol. The maximum atomic E-state index is 12.1. The van der Waals surface area contributed by atoms with Crippen LogP contribution in [0.1, 0.15) is 44.0 Å². The number of hydrogen-bond donors (Lipinski definition) is 22. The zero-order valence-electron chi connectivity index (χ0n) is 60.6. The van der Waals surface area contributed by atoms with E-state index in [1.54, 1.807) is 24.3 Å². The third-order valence-corrected chi connectivity index (χ3v) is 24.6. The van der Waals surface area contributed by atoms with Crippen molar-refractivity contribution in [2.75, 3.05) is 46.2 Å². The topological polar surface area (TPSA) is 659 Å². The molecule has 1 saturated carbocycles. The van der Waals surface area contributed by atoms with E-state index >= 15 is 0 Å². The minimum Gasteiger partial charge on any atom is -0.485 e. The number of ether oxygens (including phenoxy) is 16. The Bertz CT molecular complexity index is 3630. The highest BCUT2D eigenvalue weighted by molar-refractivity contribution is 14.1. The van der Waals surface area contributed by atoms with E-state index in [9.17, 15) is 117 Å². The third-order valence-electron chi connectivity index (χ3n) is 21.4. The summed E-state index contributed by atoms with van der Waals surface area (Å²) in [6.45, 7) is -4.75. The number of fused-ring (bicyclic) bond motifs is 1. The summed E-state index contributed by atoms with van der Waals surface area (Å²) in [4.78, 5) is 23.7. The van der Waals surface area contributed by atoms with Crippen molar-refractivity contribution in [3.8, 4) is 17.2 Å². The van der Waals surface area contributed by atoms with E-state index in [1.807, 2.05) is 0 Å². The number of aliphatic hydroxyl groups excluding tert-OH is 21. The summed E-state index contributed by atoms with van der Waals surface area (Å²) in [5, 5.41) is 256. The number of benzene rings is 2. The summed E-state index contributed by atoms with van der Waals surface area (Å²) < 4.78 is 99.5. The molecule has 19 fully saturated rings. The second-order valence-corrected chi connectivity index (χ2v) is 33.9. The molecule has 2 aromatic carbocycles. The van der Waals surface area contributed by atoms with Gasteiger partial charge in [-0.3, -0.25) is 4.79 Å². The van der Waals surface area contributed by atoms with Crippen LogP contribution in [0.2, 0.25) is 0 Å². The van der Waals surface area contributed by atoms with Crippen LogP contribution < -0.4 is 9.47 Å². The Morgan fingerprint density at radius 1 is 0.487 bits per heavy atom. The molecule has 115 heavy (non-hydrogen) atoms. The average Bonchev–Trinajstić information content (AvgIpc) is 1.53. The standard InChI is InChI=1S/C67H93I4N3O41/c1-19(82)40(87)60-39-61(74-10-21(72-73-74)18-98-51-25(70)6-22(7-26(51)71)99-52-23(68)3-20(4-24(52)69)5-36(85)86)67(39,2)115-114-54-28(84)9-37(101-30(54)12-76)107-53-27(83)8-38(100-29(53)11-75)108-55-31(13-77)102-62(46(93)41(55)88)109-56-32(14-78)103-63(47(94)42(56)89)110-57-33(15-79)104-64(48(95)43(57)90)111-58-34(16-80)105-65(49(96)44(58)91)112-59-35(17-81)106-66(113-60)50(97)45(59)92/h3-4,6-7,10,19,27-35,37-50,53-66,75-84,87-97H,5,8-9,11-18H2,1-2H3,(H,85,86)/t19-,27?,28?,29?,30?,31?,32?,33?,34?,35?,37-,38-,39?,40?,41?,42?,43?,44?,45?,46?,47?,48?,49?,50?,53+,54+,55-,56-,57-,58-,59-,60-,61-,62+,63-,64+,65-,66+,67+/m1/s1. The molecule has 0 radical (unpaired) electrons. The van der Waals surface area contributed by atoms with Gasteiger partial charge < -0.3 is 188 Å². The summed E-state index contributed by atoms with van der Waals surface area (Å²) in [5.74, 6) is -1.01. The number of aromatic nitrogens is 3. The molecule has 0 spiro atoms. The van der Waals surface area contributed by atoms with Gasteiger partial charge in [0.15, 0.2) is 49.8 Å². The molecule has 1 aromatic heterocycles. The maximum absolute atomic E-state index is 12.1. The van der Waals surface area contributed by atoms with Crippen LogP contribution in [0.15, 0.2) is 30.5 Å². The number of aliphatic hydroxyl groups is 21. The highest BCUT2D eigenvalue weighted by Gasteiger charge is 2.72. The molecule has 22 rings (SSSR count). The summed E-state index contributed by atoms with van der Waals surface area (Å²) in [5.41, 5.74) is -1.11. The number of aliphatic carboxylic acids is 1. The van der Waals surface area contributed by atoms with Crippen LogP contribution in [0, 0.1) is 20.2 Å². The van der Waals surface area contributed by atoms with Crippen LogP contribution in [-0.4, -0.2) is 406 Å². The fraction of sp³-hybridized carbons (Fsp3) is 0.776. The molecule has 48 heteroatoms. The SMILES string of the molecule is C[C@@H](O)C(O)[C@@H]1O[C@@H]2OC(CO)[C@@H](O[C@H]3OC(CO)[C@@H](O[C@@H]4OC(CO)[C@@H](O[C@H]5OC(CO)[C@@H](O[C@@H]6OC(CO)[C@@H](O[C@@H]7CC(O)[C@H](O[C@@H]8CC(O)[C@H](OO[C@@]9(C)C1[C@H]9n1cc(COc9c(I)cc(Oc%10c(I)cc(CC(=O)O)cc%10I)cc9I)nn1)C(CO)O8)C(CO)O7)C(O)C6O)C(O)C5O)C(O)C4O)C(O)C3O)C(O)C2O. The highest BCUT2D eigenvalue weighted by Crippen LogP contribution is 2.61. The molecule has 21 unspecified atom stereocenters. The zero-order valence-corrected chi connectivity index (χ0v) is 69.2. The molecule has 22 N–H and O–H groups in total. The second-order valence-electron chi connectivity index (χ2n) is 29.2. The lowest BCUT2D eigenvalue weighted by atomic mass is 9.95. The predicted octanol–water partition coefficient (Wildman–Crippen LogP) is -8.48. The lowest BCUT2D eigenvalue weighted by Gasteiger charge is -2.50. The molecule has 14 bridgehead atoms. The number of carbonyl (C=O) groups is 1. The molecule has 44 nitrogen and oxygen atoms in total. The first-order valence-corrected chi connectivity index (χ1v) is 40.7. The van der Waals surface area contributed by atoms with E-state index in [0.29, 0.717) is 37.1 Å². The molecular weight excluding hydrogens is 2010 g/mol. The van der Waals surface area contributed by atoms with Crippen molar-refractivity contribution in [1.82, 2.24) is 15.0 Å². The first-order chi connectivity index (χ1) is 54.7. The number of carboxylic acid groups (broad SMARTS) is 1. The zero-order chi connectivity index (χ0) is 83.2.